The van der Waals surface area contributed by atoms with E-state index in [1.807, 2.05) is 6.07 Å². The second-order valence-corrected chi connectivity index (χ2v) is 4.67. The molecule has 0 aliphatic heterocycles. The van der Waals surface area contributed by atoms with Gasteiger partial charge >= 0.3 is 0 Å². The molecule has 15 heavy (non-hydrogen) atoms. The summed E-state index contributed by atoms with van der Waals surface area (Å²) in [6.45, 7) is 0. The van der Waals surface area contributed by atoms with Crippen LogP contribution in [-0.4, -0.2) is 5.11 Å². The van der Waals surface area contributed by atoms with Gasteiger partial charge in [0.25, 0.3) is 0 Å². The molecule has 78 valence electrons. The number of nitriles is 1. The van der Waals surface area contributed by atoms with Gasteiger partial charge < -0.3 is 5.11 Å². The molecule has 3 heteroatoms. The fraction of sp³-hybridized carbons (Fsp3) is 0.417. The van der Waals surface area contributed by atoms with Crippen molar-refractivity contribution in [2.45, 2.75) is 32.1 Å². The maximum absolute atomic E-state index is 9.89. The molecule has 0 saturated carbocycles. The zero-order valence-corrected chi connectivity index (χ0v) is 9.97. The highest BCUT2D eigenvalue weighted by Crippen LogP contribution is 2.37. The van der Waals surface area contributed by atoms with E-state index in [4.69, 9.17) is 5.26 Å². The lowest BCUT2D eigenvalue weighted by molar-refractivity contribution is 0.464. The summed E-state index contributed by atoms with van der Waals surface area (Å²) in [6.07, 6.45) is 4.75. The minimum atomic E-state index is 0.247. The van der Waals surface area contributed by atoms with Crippen LogP contribution >= 0.6 is 15.9 Å². The Balaban J connectivity index is 2.53. The van der Waals surface area contributed by atoms with Crippen molar-refractivity contribution < 1.29 is 5.11 Å². The first-order chi connectivity index (χ1) is 7.24. The van der Waals surface area contributed by atoms with Crippen molar-refractivity contribution >= 4 is 15.9 Å². The van der Waals surface area contributed by atoms with E-state index in [-0.39, 0.29) is 12.2 Å². The quantitative estimate of drug-likeness (QED) is 0.848. The standard InChI is InChI=1S/C12H12BrNO/c13-11-10-4-2-1-3-8(10)7-9(5-6-14)12(11)15/h7,15H,1-5H2. The number of phenolic OH excluding ortho intramolecular Hbond substituents is 1. The van der Waals surface area contributed by atoms with Crippen molar-refractivity contribution in [1.29, 1.82) is 5.26 Å². The molecule has 1 N–H and O–H groups in total. The zero-order valence-electron chi connectivity index (χ0n) is 8.39. The van der Waals surface area contributed by atoms with Gasteiger partial charge in [0.2, 0.25) is 0 Å². The summed E-state index contributed by atoms with van der Waals surface area (Å²) in [4.78, 5) is 0. The van der Waals surface area contributed by atoms with Gasteiger partial charge in [-0.3, -0.25) is 0 Å². The van der Waals surface area contributed by atoms with Crippen LogP contribution in [0.5, 0.6) is 5.75 Å². The molecule has 0 bridgehead atoms. The summed E-state index contributed by atoms with van der Waals surface area (Å²) in [5.41, 5.74) is 3.25. The number of halogens is 1. The van der Waals surface area contributed by atoms with Crippen molar-refractivity contribution in [2.24, 2.45) is 0 Å². The van der Waals surface area contributed by atoms with Crippen LogP contribution in [0.3, 0.4) is 0 Å². The lowest BCUT2D eigenvalue weighted by Crippen LogP contribution is -2.05. The summed E-state index contributed by atoms with van der Waals surface area (Å²) in [7, 11) is 0. The van der Waals surface area contributed by atoms with Gasteiger partial charge in [-0.1, -0.05) is 6.07 Å². The van der Waals surface area contributed by atoms with Crippen molar-refractivity contribution in [3.63, 3.8) is 0 Å². The molecule has 1 aliphatic carbocycles. The smallest absolute Gasteiger partial charge is 0.134 e. The van der Waals surface area contributed by atoms with Crippen molar-refractivity contribution in [3.8, 4) is 11.8 Å². The number of fused-ring (bicyclic) bond motifs is 1. The van der Waals surface area contributed by atoms with E-state index in [2.05, 4.69) is 22.0 Å². The fourth-order valence-corrected chi connectivity index (χ4v) is 2.83. The molecule has 0 heterocycles. The van der Waals surface area contributed by atoms with Crippen LogP contribution in [0.1, 0.15) is 29.5 Å². The Morgan fingerprint density at radius 2 is 2.13 bits per heavy atom. The average molecular weight is 266 g/mol. The lowest BCUT2D eigenvalue weighted by Gasteiger charge is -2.19. The number of aryl methyl sites for hydroxylation is 1. The molecule has 1 aromatic carbocycles. The second kappa shape index (κ2) is 4.24. The first-order valence-electron chi connectivity index (χ1n) is 5.13. The monoisotopic (exact) mass is 265 g/mol. The third kappa shape index (κ3) is 1.87. The Hall–Kier alpha value is -1.01. The lowest BCUT2D eigenvalue weighted by atomic mass is 9.89. The SMILES string of the molecule is N#CCc1cc2c(c(Br)c1O)CCCC2. The molecule has 0 unspecified atom stereocenters. The molecule has 0 atom stereocenters. The number of hydrogen-bond acceptors (Lipinski definition) is 2. The molecule has 1 aromatic rings. The van der Waals surface area contributed by atoms with Gasteiger partial charge in [-0.15, -0.1) is 0 Å². The molecule has 0 aromatic heterocycles. The number of rotatable bonds is 1. The van der Waals surface area contributed by atoms with Gasteiger partial charge in [-0.05, 0) is 52.7 Å². The third-order valence-corrected chi connectivity index (χ3v) is 3.76. The van der Waals surface area contributed by atoms with Gasteiger partial charge in [-0.2, -0.15) is 5.26 Å². The Bertz CT molecular complexity index is 434. The molecule has 2 rings (SSSR count). The van der Waals surface area contributed by atoms with E-state index >= 15 is 0 Å². The zero-order chi connectivity index (χ0) is 10.8. The molecule has 1 aliphatic rings. The molecule has 0 saturated heterocycles. The number of hydrogen-bond donors (Lipinski definition) is 1. The van der Waals surface area contributed by atoms with Gasteiger partial charge in [0.05, 0.1) is 17.0 Å². The molecule has 0 spiro atoms. The first-order valence-corrected chi connectivity index (χ1v) is 5.92. The Labute approximate surface area is 97.7 Å². The number of phenols is 1. The van der Waals surface area contributed by atoms with Crippen molar-refractivity contribution in [1.82, 2.24) is 0 Å². The van der Waals surface area contributed by atoms with E-state index in [9.17, 15) is 5.11 Å². The minimum Gasteiger partial charge on any atom is -0.506 e. The third-order valence-electron chi connectivity index (χ3n) is 2.91. The van der Waals surface area contributed by atoms with Crippen LogP contribution in [0.25, 0.3) is 0 Å². The van der Waals surface area contributed by atoms with Gasteiger partial charge in [-0.25, -0.2) is 0 Å². The van der Waals surface area contributed by atoms with Crippen LogP contribution in [0.15, 0.2) is 10.5 Å². The number of nitrogens with zero attached hydrogens (tertiary/aromatic N) is 1. The maximum Gasteiger partial charge on any atom is 0.134 e. The topological polar surface area (TPSA) is 44.0 Å². The molecule has 0 fully saturated rings. The van der Waals surface area contributed by atoms with Gasteiger partial charge in [0.1, 0.15) is 5.75 Å². The van der Waals surface area contributed by atoms with Gasteiger partial charge in [0, 0.05) is 5.56 Å². The summed E-state index contributed by atoms with van der Waals surface area (Å²) < 4.78 is 0.796. The fourth-order valence-electron chi connectivity index (χ4n) is 2.12. The number of aromatic hydroxyl groups is 1. The Morgan fingerprint density at radius 1 is 1.40 bits per heavy atom. The molecule has 0 radical (unpaired) electrons. The second-order valence-electron chi connectivity index (χ2n) is 3.88. The van der Waals surface area contributed by atoms with E-state index in [1.165, 1.54) is 24.0 Å². The van der Waals surface area contributed by atoms with Crippen LogP contribution in [0.2, 0.25) is 0 Å². The molecule has 2 nitrogen and oxygen atoms in total. The first kappa shape index (κ1) is 10.5. The van der Waals surface area contributed by atoms with E-state index in [0.717, 1.165) is 22.9 Å². The van der Waals surface area contributed by atoms with Crippen molar-refractivity contribution in [2.75, 3.05) is 0 Å². The predicted octanol–water partition coefficient (Wildman–Crippen LogP) is 3.10. The van der Waals surface area contributed by atoms with Crippen LogP contribution in [0, 0.1) is 11.3 Å². The highest BCUT2D eigenvalue weighted by Gasteiger charge is 2.17. The van der Waals surface area contributed by atoms with E-state index < -0.39 is 0 Å². The average Bonchev–Trinajstić information content (AvgIpc) is 2.26. The van der Waals surface area contributed by atoms with E-state index in [0.29, 0.717) is 0 Å². The Morgan fingerprint density at radius 3 is 2.87 bits per heavy atom. The van der Waals surface area contributed by atoms with Crippen molar-refractivity contribution in [3.05, 3.63) is 27.2 Å². The minimum absolute atomic E-state index is 0.247. The van der Waals surface area contributed by atoms with Gasteiger partial charge in [0.15, 0.2) is 0 Å². The molecular formula is C12H12BrNO. The molecular weight excluding hydrogens is 254 g/mol. The summed E-state index contributed by atoms with van der Waals surface area (Å²) >= 11 is 3.43. The van der Waals surface area contributed by atoms with E-state index in [1.54, 1.807) is 0 Å². The molecule has 0 amide bonds. The van der Waals surface area contributed by atoms with Crippen LogP contribution < -0.4 is 0 Å². The summed E-state index contributed by atoms with van der Waals surface area (Å²) in [5.74, 6) is 0.247. The normalized spacial score (nSPS) is 14.4. The maximum atomic E-state index is 9.89. The highest BCUT2D eigenvalue weighted by atomic mass is 79.9. The summed E-state index contributed by atoms with van der Waals surface area (Å²) in [6, 6.07) is 4.06. The predicted molar refractivity (Wildman–Crippen MR) is 61.8 cm³/mol. The largest absolute Gasteiger partial charge is 0.506 e. The summed E-state index contributed by atoms with van der Waals surface area (Å²) in [5, 5.41) is 18.5. The Kier molecular flexibility index (Phi) is 2.97. The number of benzene rings is 1. The van der Waals surface area contributed by atoms with Crippen LogP contribution in [0.4, 0.5) is 0 Å². The van der Waals surface area contributed by atoms with Crippen LogP contribution in [-0.2, 0) is 19.3 Å². The highest BCUT2D eigenvalue weighted by molar-refractivity contribution is 9.10.